The SMILES string of the molecule is CO[C@H]1O[C@H](CO)[C@H](O)[C@H](O)[C@@H]1Nc1nc(N(C)C)ns1. The lowest BCUT2D eigenvalue weighted by Gasteiger charge is -2.41. The quantitative estimate of drug-likeness (QED) is 0.512. The first kappa shape index (κ1) is 16.3. The maximum absolute atomic E-state index is 10.2. The first-order valence-electron chi connectivity index (χ1n) is 6.40. The molecule has 0 aromatic carbocycles. The molecule has 120 valence electrons. The van der Waals surface area contributed by atoms with Crippen LogP contribution in [0.15, 0.2) is 0 Å². The predicted octanol–water partition coefficient (Wildman–Crippen LogP) is -1.53. The number of rotatable bonds is 5. The molecule has 1 aliphatic heterocycles. The number of ether oxygens (including phenoxy) is 2. The van der Waals surface area contributed by atoms with Gasteiger partial charge in [-0.3, -0.25) is 0 Å². The van der Waals surface area contributed by atoms with Gasteiger partial charge in [0.25, 0.3) is 0 Å². The molecule has 1 aromatic rings. The van der Waals surface area contributed by atoms with Crippen LogP contribution in [0.4, 0.5) is 11.1 Å². The molecule has 4 N–H and O–H groups in total. The molecule has 0 amide bonds. The third-order valence-electron chi connectivity index (χ3n) is 3.22. The average Bonchev–Trinajstić information content (AvgIpc) is 2.93. The van der Waals surface area contributed by atoms with Crippen molar-refractivity contribution in [2.24, 2.45) is 0 Å². The zero-order chi connectivity index (χ0) is 15.6. The third-order valence-corrected chi connectivity index (χ3v) is 3.86. The molecule has 1 aliphatic rings. The molecule has 21 heavy (non-hydrogen) atoms. The molecule has 0 unspecified atom stereocenters. The lowest BCUT2D eigenvalue weighted by molar-refractivity contribution is -0.254. The number of aliphatic hydroxyl groups is 3. The minimum Gasteiger partial charge on any atom is -0.394 e. The van der Waals surface area contributed by atoms with Crippen LogP contribution in [-0.2, 0) is 9.47 Å². The summed E-state index contributed by atoms with van der Waals surface area (Å²) in [7, 11) is 5.06. The summed E-state index contributed by atoms with van der Waals surface area (Å²) in [6.07, 6.45) is -4.12. The second kappa shape index (κ2) is 6.81. The van der Waals surface area contributed by atoms with Gasteiger partial charge in [-0.25, -0.2) is 0 Å². The van der Waals surface area contributed by atoms with Gasteiger partial charge in [-0.15, -0.1) is 0 Å². The number of nitrogens with one attached hydrogen (secondary N) is 1. The molecular weight excluding hydrogens is 300 g/mol. The van der Waals surface area contributed by atoms with Crippen LogP contribution in [0, 0.1) is 0 Å². The van der Waals surface area contributed by atoms with E-state index in [1.165, 1.54) is 7.11 Å². The summed E-state index contributed by atoms with van der Waals surface area (Å²) in [5.41, 5.74) is 0. The summed E-state index contributed by atoms with van der Waals surface area (Å²) in [5, 5.41) is 32.7. The van der Waals surface area contributed by atoms with Crippen molar-refractivity contribution < 1.29 is 24.8 Å². The summed E-state index contributed by atoms with van der Waals surface area (Å²) in [5.74, 6) is 0.538. The fourth-order valence-electron chi connectivity index (χ4n) is 2.04. The van der Waals surface area contributed by atoms with E-state index in [4.69, 9.17) is 14.6 Å². The second-order valence-corrected chi connectivity index (χ2v) is 5.66. The molecule has 1 fully saturated rings. The molecule has 10 heteroatoms. The Balaban J connectivity index is 2.12. The molecule has 2 heterocycles. The first-order valence-corrected chi connectivity index (χ1v) is 7.18. The molecule has 0 aliphatic carbocycles. The van der Waals surface area contributed by atoms with Crippen molar-refractivity contribution in [1.82, 2.24) is 9.36 Å². The van der Waals surface area contributed by atoms with E-state index in [1.807, 2.05) is 14.1 Å². The molecule has 1 saturated heterocycles. The molecule has 0 radical (unpaired) electrons. The van der Waals surface area contributed by atoms with E-state index in [0.717, 1.165) is 11.5 Å². The maximum Gasteiger partial charge on any atom is 0.238 e. The lowest BCUT2D eigenvalue weighted by Crippen LogP contribution is -2.61. The van der Waals surface area contributed by atoms with Crippen LogP contribution >= 0.6 is 11.5 Å². The predicted molar refractivity (Wildman–Crippen MR) is 76.4 cm³/mol. The Kier molecular flexibility index (Phi) is 5.30. The number of nitrogens with zero attached hydrogens (tertiary/aromatic N) is 3. The van der Waals surface area contributed by atoms with Gasteiger partial charge in [0.05, 0.1) is 6.61 Å². The van der Waals surface area contributed by atoms with Crippen LogP contribution in [0.25, 0.3) is 0 Å². The summed E-state index contributed by atoms with van der Waals surface area (Å²) >= 11 is 1.13. The van der Waals surface area contributed by atoms with Crippen LogP contribution in [0.3, 0.4) is 0 Å². The molecule has 0 spiro atoms. The van der Waals surface area contributed by atoms with E-state index in [-0.39, 0.29) is 0 Å². The zero-order valence-electron chi connectivity index (χ0n) is 12.0. The van der Waals surface area contributed by atoms with E-state index in [0.29, 0.717) is 11.1 Å². The van der Waals surface area contributed by atoms with Crippen molar-refractivity contribution in [1.29, 1.82) is 0 Å². The molecule has 9 nitrogen and oxygen atoms in total. The van der Waals surface area contributed by atoms with E-state index in [1.54, 1.807) is 4.90 Å². The molecule has 1 aromatic heterocycles. The number of aliphatic hydroxyl groups excluding tert-OH is 3. The smallest absolute Gasteiger partial charge is 0.238 e. The Bertz CT molecular complexity index is 458. The highest BCUT2D eigenvalue weighted by Gasteiger charge is 2.44. The van der Waals surface area contributed by atoms with E-state index in [9.17, 15) is 10.2 Å². The van der Waals surface area contributed by atoms with Gasteiger partial charge in [0, 0.05) is 32.7 Å². The Morgan fingerprint density at radius 1 is 1.38 bits per heavy atom. The van der Waals surface area contributed by atoms with Crippen molar-refractivity contribution in [3.05, 3.63) is 0 Å². The van der Waals surface area contributed by atoms with Crippen molar-refractivity contribution >= 4 is 22.6 Å². The fourth-order valence-corrected chi connectivity index (χ4v) is 2.72. The summed E-state index contributed by atoms with van der Waals surface area (Å²) in [6, 6.07) is -0.726. The minimum absolute atomic E-state index is 0.408. The van der Waals surface area contributed by atoms with Crippen molar-refractivity contribution in [3.63, 3.8) is 0 Å². The monoisotopic (exact) mass is 320 g/mol. The van der Waals surface area contributed by atoms with Crippen molar-refractivity contribution in [2.45, 2.75) is 30.6 Å². The largest absolute Gasteiger partial charge is 0.394 e. The minimum atomic E-state index is -1.22. The van der Waals surface area contributed by atoms with Gasteiger partial charge in [0.15, 0.2) is 6.29 Å². The average molecular weight is 320 g/mol. The van der Waals surface area contributed by atoms with E-state index >= 15 is 0 Å². The van der Waals surface area contributed by atoms with Crippen LogP contribution in [-0.4, -0.2) is 83.1 Å². The molecule has 2 rings (SSSR count). The molecule has 0 saturated carbocycles. The summed E-state index contributed by atoms with van der Waals surface area (Å²) in [6.45, 7) is -0.408. The number of methoxy groups -OCH3 is 1. The highest BCUT2D eigenvalue weighted by Crippen LogP contribution is 2.26. The standard InChI is InChI=1S/C11H20N4O5S/c1-15(2)10-13-11(21-14-10)12-6-8(18)7(17)5(4-16)20-9(6)19-3/h5-9,16-18H,4H2,1-3H3,(H,12,13,14)/t5-,6+,7+,8-,9+/m1/s1. The topological polar surface area (TPSA) is 120 Å². The number of anilines is 2. The van der Waals surface area contributed by atoms with Crippen LogP contribution < -0.4 is 10.2 Å². The highest BCUT2D eigenvalue weighted by molar-refractivity contribution is 7.09. The van der Waals surface area contributed by atoms with Gasteiger partial charge in [0.1, 0.15) is 24.4 Å². The number of hydrogen-bond donors (Lipinski definition) is 4. The number of hydrogen-bond acceptors (Lipinski definition) is 10. The van der Waals surface area contributed by atoms with E-state index in [2.05, 4.69) is 14.7 Å². The van der Waals surface area contributed by atoms with Crippen LogP contribution in [0.5, 0.6) is 0 Å². The molecule has 5 atom stereocenters. The van der Waals surface area contributed by atoms with E-state index < -0.39 is 37.3 Å². The van der Waals surface area contributed by atoms with Gasteiger partial charge >= 0.3 is 0 Å². The van der Waals surface area contributed by atoms with Gasteiger partial charge in [-0.2, -0.15) is 9.36 Å². The van der Waals surface area contributed by atoms with Gasteiger partial charge in [0.2, 0.25) is 11.1 Å². The Labute approximate surface area is 126 Å². The lowest BCUT2D eigenvalue weighted by atomic mass is 9.97. The van der Waals surface area contributed by atoms with Crippen LogP contribution in [0.1, 0.15) is 0 Å². The second-order valence-electron chi connectivity index (χ2n) is 4.91. The highest BCUT2D eigenvalue weighted by atomic mass is 32.1. The molecule has 0 bridgehead atoms. The third kappa shape index (κ3) is 3.42. The number of aromatic nitrogens is 2. The maximum atomic E-state index is 10.2. The van der Waals surface area contributed by atoms with Gasteiger partial charge in [-0.05, 0) is 0 Å². The fraction of sp³-hybridized carbons (Fsp3) is 0.818. The van der Waals surface area contributed by atoms with Gasteiger partial charge in [-0.1, -0.05) is 0 Å². The summed E-state index contributed by atoms with van der Waals surface area (Å²) < 4.78 is 14.7. The summed E-state index contributed by atoms with van der Waals surface area (Å²) in [4.78, 5) is 5.99. The van der Waals surface area contributed by atoms with Crippen molar-refractivity contribution in [2.75, 3.05) is 38.0 Å². The normalized spacial score (nSPS) is 33.0. The zero-order valence-corrected chi connectivity index (χ0v) is 12.8. The Morgan fingerprint density at radius 2 is 2.10 bits per heavy atom. The van der Waals surface area contributed by atoms with Gasteiger partial charge < -0.3 is 35.0 Å². The Hall–Kier alpha value is -1.04. The Morgan fingerprint density at radius 3 is 2.62 bits per heavy atom. The first-order chi connectivity index (χ1) is 9.97. The molecular formula is C11H20N4O5S. The van der Waals surface area contributed by atoms with Crippen molar-refractivity contribution in [3.8, 4) is 0 Å². The van der Waals surface area contributed by atoms with Crippen LogP contribution in [0.2, 0.25) is 0 Å².